The Bertz CT molecular complexity index is 796. The number of pyridine rings is 1. The molecule has 0 aliphatic carbocycles. The average molecular weight is 293 g/mol. The maximum atomic E-state index is 12.4. The smallest absolute Gasteiger partial charge is 0.266 e. The van der Waals surface area contributed by atoms with Crippen molar-refractivity contribution in [3.63, 3.8) is 0 Å². The molecule has 0 fully saturated rings. The van der Waals surface area contributed by atoms with Crippen molar-refractivity contribution in [2.75, 3.05) is 0 Å². The van der Waals surface area contributed by atoms with Crippen molar-refractivity contribution in [1.29, 1.82) is 5.26 Å². The van der Waals surface area contributed by atoms with E-state index in [2.05, 4.69) is 12.0 Å². The molecule has 0 N–H and O–H groups in total. The van der Waals surface area contributed by atoms with Gasteiger partial charge in [-0.3, -0.25) is 4.79 Å². The fourth-order valence-corrected chi connectivity index (χ4v) is 2.38. The first-order valence-electron chi connectivity index (χ1n) is 7.35. The van der Waals surface area contributed by atoms with Crippen LogP contribution in [0.2, 0.25) is 0 Å². The second kappa shape index (κ2) is 6.86. The van der Waals surface area contributed by atoms with Crippen molar-refractivity contribution < 1.29 is 0 Å². The molecular formula is C18H19N3O. The van der Waals surface area contributed by atoms with Crippen LogP contribution in [0.15, 0.2) is 46.3 Å². The fraction of sp³-hybridized carbons (Fsp3) is 0.278. The summed E-state index contributed by atoms with van der Waals surface area (Å²) in [5.74, 6) is 0. The fourth-order valence-electron chi connectivity index (χ4n) is 2.38. The minimum absolute atomic E-state index is 0.151. The summed E-state index contributed by atoms with van der Waals surface area (Å²) in [6.07, 6.45) is 1.70. The minimum Gasteiger partial charge on any atom is -0.266 e. The standard InChI is InChI=1S/C18H19N3O/c1-4-8-17(15-9-6-5-7-10-15)20-21-14(3)11-13(2)16(12-19)18(21)22/h5-7,9-11H,4,8H2,1-3H3. The van der Waals surface area contributed by atoms with Crippen LogP contribution in [0.1, 0.15) is 42.1 Å². The van der Waals surface area contributed by atoms with Crippen molar-refractivity contribution in [1.82, 2.24) is 4.68 Å². The summed E-state index contributed by atoms with van der Waals surface area (Å²) < 4.78 is 1.34. The van der Waals surface area contributed by atoms with Gasteiger partial charge in [-0.05, 0) is 37.5 Å². The second-order valence-electron chi connectivity index (χ2n) is 5.24. The zero-order chi connectivity index (χ0) is 16.1. The van der Waals surface area contributed by atoms with Gasteiger partial charge in [0.2, 0.25) is 0 Å². The van der Waals surface area contributed by atoms with Gasteiger partial charge in [-0.25, -0.2) is 4.68 Å². The highest BCUT2D eigenvalue weighted by Gasteiger charge is 2.11. The third-order valence-corrected chi connectivity index (χ3v) is 3.49. The van der Waals surface area contributed by atoms with E-state index in [4.69, 9.17) is 5.26 Å². The Kier molecular flexibility index (Phi) is 4.90. The van der Waals surface area contributed by atoms with Crippen molar-refractivity contribution in [2.24, 2.45) is 5.10 Å². The van der Waals surface area contributed by atoms with Gasteiger partial charge in [0.25, 0.3) is 5.56 Å². The third kappa shape index (κ3) is 3.15. The Balaban J connectivity index is 2.64. The molecule has 1 aromatic carbocycles. The molecular weight excluding hydrogens is 274 g/mol. The lowest BCUT2D eigenvalue weighted by Gasteiger charge is -2.10. The van der Waals surface area contributed by atoms with Gasteiger partial charge in [-0.2, -0.15) is 10.4 Å². The maximum absolute atomic E-state index is 12.4. The normalized spacial score (nSPS) is 11.3. The number of nitrogens with zero attached hydrogens (tertiary/aromatic N) is 3. The van der Waals surface area contributed by atoms with Crippen LogP contribution < -0.4 is 5.56 Å². The lowest BCUT2D eigenvalue weighted by atomic mass is 10.1. The van der Waals surface area contributed by atoms with Crippen LogP contribution in [0.5, 0.6) is 0 Å². The van der Waals surface area contributed by atoms with Crippen molar-refractivity contribution in [3.05, 3.63) is 69.1 Å². The van der Waals surface area contributed by atoms with E-state index in [0.29, 0.717) is 5.56 Å². The number of hydrogen-bond acceptors (Lipinski definition) is 3. The molecule has 0 atom stereocenters. The largest absolute Gasteiger partial charge is 0.289 e. The van der Waals surface area contributed by atoms with Gasteiger partial charge in [-0.15, -0.1) is 0 Å². The summed E-state index contributed by atoms with van der Waals surface area (Å²) >= 11 is 0. The van der Waals surface area contributed by atoms with E-state index in [1.165, 1.54) is 4.68 Å². The van der Waals surface area contributed by atoms with E-state index in [1.807, 2.05) is 49.4 Å². The maximum Gasteiger partial charge on any atom is 0.289 e. The number of hydrogen-bond donors (Lipinski definition) is 0. The highest BCUT2D eigenvalue weighted by molar-refractivity contribution is 6.00. The molecule has 0 radical (unpaired) electrons. The predicted octanol–water partition coefficient (Wildman–Crippen LogP) is 3.39. The molecule has 1 heterocycles. The van der Waals surface area contributed by atoms with Gasteiger partial charge in [0.15, 0.2) is 0 Å². The van der Waals surface area contributed by atoms with Gasteiger partial charge in [0.1, 0.15) is 11.6 Å². The summed E-state index contributed by atoms with van der Waals surface area (Å²) in [4.78, 5) is 12.4. The van der Waals surface area contributed by atoms with Crippen molar-refractivity contribution >= 4 is 5.71 Å². The molecule has 4 heteroatoms. The molecule has 0 spiro atoms. The highest BCUT2D eigenvalue weighted by Crippen LogP contribution is 2.10. The molecule has 0 saturated heterocycles. The molecule has 0 unspecified atom stereocenters. The highest BCUT2D eigenvalue weighted by atomic mass is 16.1. The molecule has 112 valence electrons. The van der Waals surface area contributed by atoms with E-state index in [9.17, 15) is 4.79 Å². The zero-order valence-corrected chi connectivity index (χ0v) is 13.1. The lowest BCUT2D eigenvalue weighted by Crippen LogP contribution is -2.24. The van der Waals surface area contributed by atoms with E-state index in [1.54, 1.807) is 6.92 Å². The summed E-state index contributed by atoms with van der Waals surface area (Å²) in [5.41, 5.74) is 3.05. The van der Waals surface area contributed by atoms with Gasteiger partial charge in [0.05, 0.1) is 5.71 Å². The number of aryl methyl sites for hydroxylation is 2. The van der Waals surface area contributed by atoms with Gasteiger partial charge in [-0.1, -0.05) is 43.7 Å². The minimum atomic E-state index is -0.357. The Hall–Kier alpha value is -2.67. The second-order valence-corrected chi connectivity index (χ2v) is 5.24. The molecule has 0 bridgehead atoms. The summed E-state index contributed by atoms with van der Waals surface area (Å²) in [6.45, 7) is 5.67. The zero-order valence-electron chi connectivity index (χ0n) is 13.1. The van der Waals surface area contributed by atoms with Gasteiger partial charge < -0.3 is 0 Å². The predicted molar refractivity (Wildman–Crippen MR) is 88.2 cm³/mol. The van der Waals surface area contributed by atoms with Gasteiger partial charge >= 0.3 is 0 Å². The van der Waals surface area contributed by atoms with Crippen LogP contribution in [-0.2, 0) is 0 Å². The monoisotopic (exact) mass is 293 g/mol. The van der Waals surface area contributed by atoms with Crippen LogP contribution >= 0.6 is 0 Å². The van der Waals surface area contributed by atoms with Crippen LogP contribution in [0.4, 0.5) is 0 Å². The van der Waals surface area contributed by atoms with E-state index < -0.39 is 0 Å². The van der Waals surface area contributed by atoms with Crippen molar-refractivity contribution in [2.45, 2.75) is 33.6 Å². The first kappa shape index (κ1) is 15.7. The van der Waals surface area contributed by atoms with E-state index in [-0.39, 0.29) is 11.1 Å². The van der Waals surface area contributed by atoms with E-state index >= 15 is 0 Å². The van der Waals surface area contributed by atoms with Gasteiger partial charge in [0, 0.05) is 5.69 Å². The number of rotatable bonds is 4. The number of nitriles is 1. The number of benzene rings is 1. The molecule has 0 saturated carbocycles. The first-order chi connectivity index (χ1) is 10.6. The Morgan fingerprint density at radius 3 is 2.55 bits per heavy atom. The SMILES string of the molecule is CCCC(=Nn1c(C)cc(C)c(C#N)c1=O)c1ccccc1. The Labute approximate surface area is 130 Å². The molecule has 2 rings (SSSR count). The average Bonchev–Trinajstić information content (AvgIpc) is 2.51. The molecule has 22 heavy (non-hydrogen) atoms. The Morgan fingerprint density at radius 2 is 1.95 bits per heavy atom. The van der Waals surface area contributed by atoms with Crippen LogP contribution in [0, 0.1) is 25.2 Å². The summed E-state index contributed by atoms with van der Waals surface area (Å²) in [6, 6.07) is 13.6. The molecule has 4 nitrogen and oxygen atoms in total. The van der Waals surface area contributed by atoms with Crippen molar-refractivity contribution in [3.8, 4) is 6.07 Å². The van der Waals surface area contributed by atoms with E-state index in [0.717, 1.165) is 29.8 Å². The number of aromatic nitrogens is 1. The molecule has 1 aromatic heterocycles. The third-order valence-electron chi connectivity index (χ3n) is 3.49. The Morgan fingerprint density at radius 1 is 1.27 bits per heavy atom. The summed E-state index contributed by atoms with van der Waals surface area (Å²) in [7, 11) is 0. The summed E-state index contributed by atoms with van der Waals surface area (Å²) in [5, 5.41) is 13.7. The molecule has 0 amide bonds. The van der Waals surface area contributed by atoms with Crippen LogP contribution in [0.3, 0.4) is 0 Å². The molecule has 0 aliphatic rings. The quantitative estimate of drug-likeness (QED) is 0.811. The lowest BCUT2D eigenvalue weighted by molar-refractivity contribution is 0.774. The first-order valence-corrected chi connectivity index (χ1v) is 7.35. The molecule has 2 aromatic rings. The van der Waals surface area contributed by atoms with Crippen LogP contribution in [0.25, 0.3) is 0 Å². The topological polar surface area (TPSA) is 58.1 Å². The van der Waals surface area contributed by atoms with Crippen LogP contribution in [-0.4, -0.2) is 10.4 Å². The molecule has 0 aliphatic heterocycles.